The average Bonchev–Trinajstić information content (AvgIpc) is 3.12. The van der Waals surface area contributed by atoms with Gasteiger partial charge in [-0.25, -0.2) is 4.98 Å². The maximum atomic E-state index is 11.9. The second-order valence-electron chi connectivity index (χ2n) is 6.60. The molecule has 1 aromatic heterocycles. The molecule has 1 amide bonds. The quantitative estimate of drug-likeness (QED) is 0.861. The van der Waals surface area contributed by atoms with Crippen molar-refractivity contribution >= 4 is 11.7 Å². The molecule has 0 aromatic carbocycles. The van der Waals surface area contributed by atoms with Gasteiger partial charge in [0.15, 0.2) is 0 Å². The number of rotatable bonds is 6. The molecular formula is C18H27N3O3. The molecule has 2 saturated heterocycles. The predicted molar refractivity (Wildman–Crippen MR) is 91.9 cm³/mol. The topological polar surface area (TPSA) is 63.7 Å². The number of morpholine rings is 1. The van der Waals surface area contributed by atoms with Crippen LogP contribution < -0.4 is 10.2 Å². The van der Waals surface area contributed by atoms with Crippen molar-refractivity contribution in [3.63, 3.8) is 0 Å². The molecule has 2 aliphatic rings. The normalized spacial score (nSPS) is 24.1. The van der Waals surface area contributed by atoms with E-state index in [1.54, 1.807) is 0 Å². The number of ether oxygens (including phenoxy) is 2. The molecule has 3 rings (SSSR count). The third-order valence-corrected chi connectivity index (χ3v) is 4.58. The molecule has 2 aliphatic heterocycles. The molecule has 0 saturated carbocycles. The fourth-order valence-electron chi connectivity index (χ4n) is 3.19. The van der Waals surface area contributed by atoms with Gasteiger partial charge in [0, 0.05) is 38.9 Å². The van der Waals surface area contributed by atoms with Gasteiger partial charge in [0.05, 0.1) is 18.8 Å². The lowest BCUT2D eigenvalue weighted by Gasteiger charge is -2.32. The summed E-state index contributed by atoms with van der Waals surface area (Å²) in [4.78, 5) is 18.7. The number of carbonyl (C=O) groups is 1. The van der Waals surface area contributed by atoms with E-state index < -0.39 is 0 Å². The SMILES string of the molecule is C[C@H]1CN(c2ccc(CNC(=O)CC[C@@H]3CCCO3)cn2)CCO1. The van der Waals surface area contributed by atoms with E-state index in [2.05, 4.69) is 22.1 Å². The molecule has 6 heteroatoms. The number of anilines is 1. The zero-order valence-electron chi connectivity index (χ0n) is 14.4. The fourth-order valence-corrected chi connectivity index (χ4v) is 3.19. The zero-order valence-corrected chi connectivity index (χ0v) is 14.4. The standard InChI is InChI=1S/C18H27N3O3/c1-14-13-21(8-10-23-14)17-6-4-15(11-19-17)12-20-18(22)7-5-16-3-2-9-24-16/h4,6,11,14,16H,2-3,5,7-10,12-13H2,1H3,(H,20,22)/t14-,16-/m0/s1. The Morgan fingerprint density at radius 1 is 1.38 bits per heavy atom. The molecule has 24 heavy (non-hydrogen) atoms. The van der Waals surface area contributed by atoms with Gasteiger partial charge in [-0.05, 0) is 37.8 Å². The first-order valence-electron chi connectivity index (χ1n) is 8.90. The first-order chi connectivity index (χ1) is 11.7. The maximum Gasteiger partial charge on any atom is 0.220 e. The lowest BCUT2D eigenvalue weighted by molar-refractivity contribution is -0.121. The van der Waals surface area contributed by atoms with Crippen LogP contribution in [0.3, 0.4) is 0 Å². The molecule has 3 heterocycles. The number of hydrogen-bond acceptors (Lipinski definition) is 5. The van der Waals surface area contributed by atoms with Crippen molar-refractivity contribution in [3.8, 4) is 0 Å². The van der Waals surface area contributed by atoms with Gasteiger partial charge in [0.25, 0.3) is 0 Å². The van der Waals surface area contributed by atoms with Gasteiger partial charge in [0.2, 0.25) is 5.91 Å². The Labute approximate surface area is 143 Å². The lowest BCUT2D eigenvalue weighted by atomic mass is 10.1. The number of aromatic nitrogens is 1. The van der Waals surface area contributed by atoms with Gasteiger partial charge in [-0.3, -0.25) is 4.79 Å². The Kier molecular flexibility index (Phi) is 6.04. The number of pyridine rings is 1. The van der Waals surface area contributed by atoms with Gasteiger partial charge in [-0.2, -0.15) is 0 Å². The van der Waals surface area contributed by atoms with E-state index in [9.17, 15) is 4.79 Å². The van der Waals surface area contributed by atoms with E-state index in [1.165, 1.54) is 0 Å². The Bertz CT molecular complexity index is 529. The Morgan fingerprint density at radius 2 is 2.29 bits per heavy atom. The van der Waals surface area contributed by atoms with Crippen LogP contribution in [0.15, 0.2) is 18.3 Å². The third kappa shape index (κ3) is 4.92. The summed E-state index contributed by atoms with van der Waals surface area (Å²) in [5.74, 6) is 1.05. The first-order valence-corrected chi connectivity index (χ1v) is 8.90. The van der Waals surface area contributed by atoms with Crippen LogP contribution in [0, 0.1) is 0 Å². The molecule has 0 radical (unpaired) electrons. The molecule has 0 bridgehead atoms. The van der Waals surface area contributed by atoms with E-state index in [0.29, 0.717) is 13.0 Å². The van der Waals surface area contributed by atoms with Crippen LogP contribution in [0.5, 0.6) is 0 Å². The Balaban J connectivity index is 1.41. The second kappa shape index (κ2) is 8.44. The van der Waals surface area contributed by atoms with Crippen molar-refractivity contribution in [1.29, 1.82) is 0 Å². The number of carbonyl (C=O) groups excluding carboxylic acids is 1. The summed E-state index contributed by atoms with van der Waals surface area (Å²) in [6, 6.07) is 4.05. The number of nitrogens with zero attached hydrogens (tertiary/aromatic N) is 2. The molecule has 2 fully saturated rings. The van der Waals surface area contributed by atoms with Crippen LogP contribution in [-0.4, -0.2) is 49.4 Å². The van der Waals surface area contributed by atoms with Crippen molar-refractivity contribution in [3.05, 3.63) is 23.9 Å². The van der Waals surface area contributed by atoms with Crippen LogP contribution in [0.1, 0.15) is 38.2 Å². The zero-order chi connectivity index (χ0) is 16.8. The summed E-state index contributed by atoms with van der Waals surface area (Å²) in [6.45, 7) is 5.92. The lowest BCUT2D eigenvalue weighted by Crippen LogP contribution is -2.41. The summed E-state index contributed by atoms with van der Waals surface area (Å²) in [7, 11) is 0. The maximum absolute atomic E-state index is 11.9. The van der Waals surface area contributed by atoms with Crippen molar-refractivity contribution in [1.82, 2.24) is 10.3 Å². The van der Waals surface area contributed by atoms with E-state index in [-0.39, 0.29) is 18.1 Å². The van der Waals surface area contributed by atoms with E-state index >= 15 is 0 Å². The minimum absolute atomic E-state index is 0.0802. The Morgan fingerprint density at radius 3 is 3.00 bits per heavy atom. The number of hydrogen-bond donors (Lipinski definition) is 1. The summed E-state index contributed by atoms with van der Waals surface area (Å²) in [5, 5.41) is 2.96. The summed E-state index contributed by atoms with van der Waals surface area (Å²) < 4.78 is 11.1. The van der Waals surface area contributed by atoms with Gasteiger partial charge in [-0.15, -0.1) is 0 Å². The van der Waals surface area contributed by atoms with Crippen molar-refractivity contribution in [2.24, 2.45) is 0 Å². The molecule has 132 valence electrons. The summed E-state index contributed by atoms with van der Waals surface area (Å²) >= 11 is 0. The van der Waals surface area contributed by atoms with E-state index in [1.807, 2.05) is 18.3 Å². The Hall–Kier alpha value is -1.66. The van der Waals surface area contributed by atoms with Crippen LogP contribution in [0.25, 0.3) is 0 Å². The predicted octanol–water partition coefficient (Wildman–Crippen LogP) is 1.88. The third-order valence-electron chi connectivity index (χ3n) is 4.58. The smallest absolute Gasteiger partial charge is 0.220 e. The van der Waals surface area contributed by atoms with Crippen molar-refractivity contribution in [2.45, 2.75) is 51.4 Å². The molecule has 1 N–H and O–H groups in total. The average molecular weight is 333 g/mol. The largest absolute Gasteiger partial charge is 0.378 e. The minimum Gasteiger partial charge on any atom is -0.378 e. The van der Waals surface area contributed by atoms with Gasteiger partial charge in [0.1, 0.15) is 5.82 Å². The molecular weight excluding hydrogens is 306 g/mol. The summed E-state index contributed by atoms with van der Waals surface area (Å²) in [5.41, 5.74) is 1.02. The highest BCUT2D eigenvalue weighted by atomic mass is 16.5. The van der Waals surface area contributed by atoms with Crippen molar-refractivity contribution < 1.29 is 14.3 Å². The van der Waals surface area contributed by atoms with Crippen molar-refractivity contribution in [2.75, 3.05) is 31.2 Å². The molecule has 0 unspecified atom stereocenters. The van der Waals surface area contributed by atoms with Gasteiger partial charge < -0.3 is 19.7 Å². The van der Waals surface area contributed by atoms with Gasteiger partial charge >= 0.3 is 0 Å². The number of amides is 1. The molecule has 2 atom stereocenters. The summed E-state index contributed by atoms with van der Waals surface area (Å²) in [6.07, 6.45) is 5.90. The molecule has 0 aliphatic carbocycles. The molecule has 1 aromatic rings. The van der Waals surface area contributed by atoms with Crippen LogP contribution in [0.2, 0.25) is 0 Å². The highest BCUT2D eigenvalue weighted by Gasteiger charge is 2.18. The highest BCUT2D eigenvalue weighted by Crippen LogP contribution is 2.17. The van der Waals surface area contributed by atoms with Crippen LogP contribution in [0.4, 0.5) is 5.82 Å². The van der Waals surface area contributed by atoms with Gasteiger partial charge in [-0.1, -0.05) is 6.07 Å². The van der Waals surface area contributed by atoms with Crippen LogP contribution in [-0.2, 0) is 20.8 Å². The molecule has 6 nitrogen and oxygen atoms in total. The second-order valence-corrected chi connectivity index (χ2v) is 6.60. The van der Waals surface area contributed by atoms with E-state index in [4.69, 9.17) is 9.47 Å². The van der Waals surface area contributed by atoms with Crippen LogP contribution >= 0.6 is 0 Å². The van der Waals surface area contributed by atoms with E-state index in [0.717, 1.165) is 56.9 Å². The first kappa shape index (κ1) is 17.2. The number of nitrogens with one attached hydrogen (secondary N) is 1. The molecule has 0 spiro atoms. The highest BCUT2D eigenvalue weighted by molar-refractivity contribution is 5.75. The fraction of sp³-hybridized carbons (Fsp3) is 0.667. The monoisotopic (exact) mass is 333 g/mol. The minimum atomic E-state index is 0.0802.